The first-order valence-corrected chi connectivity index (χ1v) is 5.09. The summed E-state index contributed by atoms with van der Waals surface area (Å²) in [6.45, 7) is 1.90. The van der Waals surface area contributed by atoms with Gasteiger partial charge in [-0.05, 0) is 28.8 Å². The van der Waals surface area contributed by atoms with Crippen LogP contribution in [0, 0.1) is 6.92 Å². The molecular weight excluding hydrogens is 196 g/mol. The number of rotatable bonds is 3. The highest BCUT2D eigenvalue weighted by molar-refractivity contribution is 7.08. The third kappa shape index (κ3) is 1.98. The van der Waals surface area contributed by atoms with Crippen LogP contribution in [-0.4, -0.2) is 22.2 Å². The predicted octanol–water partition coefficient (Wildman–Crippen LogP) is 1.69. The van der Waals surface area contributed by atoms with Crippen molar-refractivity contribution in [3.63, 3.8) is 0 Å². The molecule has 1 heterocycles. The number of hydrogen-bond acceptors (Lipinski definition) is 3. The molecule has 0 spiro atoms. The van der Waals surface area contributed by atoms with E-state index in [1.807, 2.05) is 17.7 Å². The van der Waals surface area contributed by atoms with Crippen LogP contribution < -0.4 is 0 Å². The molecule has 0 saturated carbocycles. The van der Waals surface area contributed by atoms with E-state index in [1.165, 1.54) is 11.3 Å². The van der Waals surface area contributed by atoms with E-state index in [0.717, 1.165) is 11.1 Å². The first-order chi connectivity index (χ1) is 5.66. The molecule has 0 amide bonds. The molecule has 0 bridgehead atoms. The largest absolute Gasteiger partial charge is 0.389 e. The van der Waals surface area contributed by atoms with E-state index >= 15 is 0 Å². The second-order valence-electron chi connectivity index (χ2n) is 2.68. The summed E-state index contributed by atoms with van der Waals surface area (Å²) < 4.78 is 0. The Kier molecular flexibility index (Phi) is 3.53. The second kappa shape index (κ2) is 4.23. The SMILES string of the molecule is Cc1cscc1C(O)C(O)CCl. The molecule has 2 N–H and O–H groups in total. The topological polar surface area (TPSA) is 40.5 Å². The molecule has 0 aromatic carbocycles. The Labute approximate surface area is 80.4 Å². The molecule has 0 saturated heterocycles. The molecule has 0 aliphatic rings. The van der Waals surface area contributed by atoms with Gasteiger partial charge in [0, 0.05) is 0 Å². The summed E-state index contributed by atoms with van der Waals surface area (Å²) in [4.78, 5) is 0. The zero-order valence-electron chi connectivity index (χ0n) is 6.70. The molecule has 2 nitrogen and oxygen atoms in total. The van der Waals surface area contributed by atoms with Crippen LogP contribution in [0.2, 0.25) is 0 Å². The highest BCUT2D eigenvalue weighted by Gasteiger charge is 2.19. The molecule has 4 heteroatoms. The van der Waals surface area contributed by atoms with Gasteiger partial charge < -0.3 is 10.2 Å². The van der Waals surface area contributed by atoms with Crippen LogP contribution in [0.4, 0.5) is 0 Å². The lowest BCUT2D eigenvalue weighted by atomic mass is 10.1. The molecule has 0 aliphatic carbocycles. The van der Waals surface area contributed by atoms with Crippen molar-refractivity contribution in [1.29, 1.82) is 0 Å². The lowest BCUT2D eigenvalue weighted by Crippen LogP contribution is -2.19. The van der Waals surface area contributed by atoms with Crippen molar-refractivity contribution in [3.05, 3.63) is 21.9 Å². The quantitative estimate of drug-likeness (QED) is 0.739. The van der Waals surface area contributed by atoms with Gasteiger partial charge in [0.1, 0.15) is 6.10 Å². The molecule has 0 aliphatic heterocycles. The van der Waals surface area contributed by atoms with Gasteiger partial charge in [0.15, 0.2) is 0 Å². The van der Waals surface area contributed by atoms with Crippen molar-refractivity contribution >= 4 is 22.9 Å². The number of halogens is 1. The Morgan fingerprint density at radius 2 is 2.17 bits per heavy atom. The summed E-state index contributed by atoms with van der Waals surface area (Å²) in [6, 6.07) is 0. The van der Waals surface area contributed by atoms with Crippen molar-refractivity contribution < 1.29 is 10.2 Å². The molecule has 1 aromatic rings. The van der Waals surface area contributed by atoms with Crippen LogP contribution in [0.1, 0.15) is 17.2 Å². The van der Waals surface area contributed by atoms with E-state index < -0.39 is 12.2 Å². The summed E-state index contributed by atoms with van der Waals surface area (Å²) in [5.74, 6) is 0.0520. The third-order valence-corrected chi connectivity index (χ3v) is 2.93. The molecular formula is C8H11ClO2S. The Morgan fingerprint density at radius 1 is 1.50 bits per heavy atom. The van der Waals surface area contributed by atoms with Crippen LogP contribution in [-0.2, 0) is 0 Å². The van der Waals surface area contributed by atoms with Crippen molar-refractivity contribution in [2.75, 3.05) is 5.88 Å². The van der Waals surface area contributed by atoms with Gasteiger partial charge in [0.05, 0.1) is 12.0 Å². The molecule has 0 radical (unpaired) electrons. The maximum atomic E-state index is 9.53. The zero-order chi connectivity index (χ0) is 9.14. The lowest BCUT2D eigenvalue weighted by Gasteiger charge is -2.14. The van der Waals surface area contributed by atoms with Crippen molar-refractivity contribution in [3.8, 4) is 0 Å². The van der Waals surface area contributed by atoms with Gasteiger partial charge >= 0.3 is 0 Å². The minimum atomic E-state index is -0.875. The van der Waals surface area contributed by atoms with Crippen LogP contribution in [0.5, 0.6) is 0 Å². The zero-order valence-corrected chi connectivity index (χ0v) is 8.27. The van der Waals surface area contributed by atoms with E-state index in [1.54, 1.807) is 0 Å². The van der Waals surface area contributed by atoms with Gasteiger partial charge in [-0.3, -0.25) is 0 Å². The number of aliphatic hydroxyl groups excluding tert-OH is 2. The van der Waals surface area contributed by atoms with E-state index in [2.05, 4.69) is 0 Å². The summed E-state index contributed by atoms with van der Waals surface area (Å²) >= 11 is 6.92. The van der Waals surface area contributed by atoms with Gasteiger partial charge in [0.2, 0.25) is 0 Å². The Hall–Kier alpha value is -0.0900. The average Bonchev–Trinajstić information content (AvgIpc) is 2.48. The van der Waals surface area contributed by atoms with Crippen LogP contribution in [0.15, 0.2) is 10.8 Å². The van der Waals surface area contributed by atoms with Crippen LogP contribution in [0.3, 0.4) is 0 Å². The standard InChI is InChI=1S/C8H11ClO2S/c1-5-3-12-4-6(5)8(11)7(10)2-9/h3-4,7-8,10-11H,2H2,1H3. The minimum absolute atomic E-state index is 0.0520. The number of aryl methyl sites for hydroxylation is 1. The van der Waals surface area contributed by atoms with Gasteiger partial charge in [-0.15, -0.1) is 11.6 Å². The van der Waals surface area contributed by atoms with E-state index in [0.29, 0.717) is 0 Å². The van der Waals surface area contributed by atoms with E-state index in [9.17, 15) is 10.2 Å². The first-order valence-electron chi connectivity index (χ1n) is 3.61. The summed E-state index contributed by atoms with van der Waals surface area (Å²) in [7, 11) is 0. The number of aliphatic hydroxyl groups is 2. The molecule has 0 fully saturated rings. The van der Waals surface area contributed by atoms with E-state index in [4.69, 9.17) is 11.6 Å². The molecule has 1 rings (SSSR count). The minimum Gasteiger partial charge on any atom is -0.389 e. The predicted molar refractivity (Wildman–Crippen MR) is 50.7 cm³/mol. The lowest BCUT2D eigenvalue weighted by molar-refractivity contribution is 0.0326. The molecule has 1 aromatic heterocycles. The van der Waals surface area contributed by atoms with Crippen LogP contribution >= 0.6 is 22.9 Å². The van der Waals surface area contributed by atoms with Gasteiger partial charge in [0.25, 0.3) is 0 Å². The highest BCUT2D eigenvalue weighted by atomic mass is 35.5. The van der Waals surface area contributed by atoms with Crippen molar-refractivity contribution in [1.82, 2.24) is 0 Å². The van der Waals surface area contributed by atoms with Gasteiger partial charge in [-0.1, -0.05) is 0 Å². The fraction of sp³-hybridized carbons (Fsp3) is 0.500. The maximum absolute atomic E-state index is 9.53. The molecule has 2 atom stereocenters. The summed E-state index contributed by atoms with van der Waals surface area (Å²) in [5, 5.41) is 22.5. The molecule has 12 heavy (non-hydrogen) atoms. The van der Waals surface area contributed by atoms with Crippen molar-refractivity contribution in [2.24, 2.45) is 0 Å². The fourth-order valence-corrected chi connectivity index (χ4v) is 2.01. The van der Waals surface area contributed by atoms with Gasteiger partial charge in [-0.25, -0.2) is 0 Å². The van der Waals surface area contributed by atoms with E-state index in [-0.39, 0.29) is 5.88 Å². The summed E-state index contributed by atoms with van der Waals surface area (Å²) in [5.41, 5.74) is 1.77. The Bertz CT molecular complexity index is 249. The Balaban J connectivity index is 2.77. The second-order valence-corrected chi connectivity index (χ2v) is 3.73. The fourth-order valence-electron chi connectivity index (χ4n) is 0.965. The Morgan fingerprint density at radius 3 is 2.58 bits per heavy atom. The molecule has 68 valence electrons. The number of alkyl halides is 1. The normalized spacial score (nSPS) is 16.0. The molecule has 2 unspecified atom stereocenters. The monoisotopic (exact) mass is 206 g/mol. The summed E-state index contributed by atoms with van der Waals surface area (Å²) in [6.07, 6.45) is -1.73. The number of thiophene rings is 1. The average molecular weight is 207 g/mol. The number of hydrogen-bond donors (Lipinski definition) is 2. The highest BCUT2D eigenvalue weighted by Crippen LogP contribution is 2.24. The smallest absolute Gasteiger partial charge is 0.107 e. The van der Waals surface area contributed by atoms with Gasteiger partial charge in [-0.2, -0.15) is 11.3 Å². The van der Waals surface area contributed by atoms with Crippen LogP contribution in [0.25, 0.3) is 0 Å². The maximum Gasteiger partial charge on any atom is 0.107 e. The third-order valence-electron chi connectivity index (χ3n) is 1.74. The van der Waals surface area contributed by atoms with Crippen molar-refractivity contribution in [2.45, 2.75) is 19.1 Å². The first kappa shape index (κ1) is 9.99.